The van der Waals surface area contributed by atoms with Crippen molar-refractivity contribution in [3.63, 3.8) is 0 Å². The van der Waals surface area contributed by atoms with E-state index in [1.165, 1.54) is 26.4 Å². The van der Waals surface area contributed by atoms with E-state index in [4.69, 9.17) is 0 Å². The zero-order chi connectivity index (χ0) is 13.1. The van der Waals surface area contributed by atoms with E-state index in [0.717, 1.165) is 6.54 Å². The third-order valence-corrected chi connectivity index (χ3v) is 4.47. The summed E-state index contributed by atoms with van der Waals surface area (Å²) in [6, 6.07) is 11.5. The fraction of sp³-hybridized carbons (Fsp3) is 0.375. The Bertz CT molecular complexity index is 528. The molecule has 0 spiro atoms. The van der Waals surface area contributed by atoms with Gasteiger partial charge in [0.05, 0.1) is 0 Å². The molecule has 0 amide bonds. The van der Waals surface area contributed by atoms with Crippen LogP contribution in [0.15, 0.2) is 30.3 Å². The van der Waals surface area contributed by atoms with Crippen LogP contribution in [0, 0.1) is 20.8 Å². The lowest BCUT2D eigenvalue weighted by molar-refractivity contribution is 0.581. The van der Waals surface area contributed by atoms with E-state index in [-0.39, 0.29) is 0 Å². The molecule has 1 aromatic heterocycles. The highest BCUT2D eigenvalue weighted by atomic mass is 32.1. The Morgan fingerprint density at radius 3 is 2.56 bits per heavy atom. The van der Waals surface area contributed by atoms with E-state index >= 15 is 0 Å². The highest BCUT2D eigenvalue weighted by molar-refractivity contribution is 7.12. The van der Waals surface area contributed by atoms with Gasteiger partial charge in [-0.1, -0.05) is 23.8 Å². The molecule has 0 bridgehead atoms. The molecule has 0 saturated carbocycles. The average molecular weight is 259 g/mol. The highest BCUT2D eigenvalue weighted by Crippen LogP contribution is 2.22. The van der Waals surface area contributed by atoms with Gasteiger partial charge in [-0.2, -0.15) is 0 Å². The maximum Gasteiger partial charge on any atom is 0.0388 e. The fourth-order valence-corrected chi connectivity index (χ4v) is 2.94. The zero-order valence-corrected chi connectivity index (χ0v) is 12.4. The van der Waals surface area contributed by atoms with Crippen molar-refractivity contribution in [1.29, 1.82) is 0 Å². The van der Waals surface area contributed by atoms with Gasteiger partial charge < -0.3 is 5.32 Å². The van der Waals surface area contributed by atoms with Crippen LogP contribution >= 0.6 is 11.3 Å². The first-order valence-electron chi connectivity index (χ1n) is 6.42. The number of hydrogen-bond acceptors (Lipinski definition) is 2. The Kier molecular flexibility index (Phi) is 4.20. The minimum absolute atomic E-state index is 0.420. The molecule has 2 heteroatoms. The molecule has 0 saturated heterocycles. The van der Waals surface area contributed by atoms with Gasteiger partial charge in [0, 0.05) is 22.3 Å². The van der Waals surface area contributed by atoms with Crippen molar-refractivity contribution in [3.8, 4) is 0 Å². The van der Waals surface area contributed by atoms with E-state index in [9.17, 15) is 0 Å². The summed E-state index contributed by atoms with van der Waals surface area (Å²) >= 11 is 1.88. The summed E-state index contributed by atoms with van der Waals surface area (Å²) in [4.78, 5) is 2.79. The number of rotatable bonds is 4. The van der Waals surface area contributed by atoms with Crippen molar-refractivity contribution in [2.24, 2.45) is 0 Å². The number of aryl methyl sites for hydroxylation is 3. The predicted molar refractivity (Wildman–Crippen MR) is 80.2 cm³/mol. The first-order chi connectivity index (χ1) is 8.56. The highest BCUT2D eigenvalue weighted by Gasteiger charge is 2.07. The predicted octanol–water partition coefficient (Wildman–Crippen LogP) is 4.52. The van der Waals surface area contributed by atoms with Crippen LogP contribution in [0.1, 0.15) is 39.4 Å². The molecule has 18 heavy (non-hydrogen) atoms. The Hall–Kier alpha value is -1.12. The molecule has 0 aliphatic rings. The van der Waals surface area contributed by atoms with Gasteiger partial charge in [-0.25, -0.2) is 0 Å². The summed E-state index contributed by atoms with van der Waals surface area (Å²) in [6.45, 7) is 9.65. The summed E-state index contributed by atoms with van der Waals surface area (Å²) in [5.74, 6) is 0. The third kappa shape index (κ3) is 3.21. The van der Waals surface area contributed by atoms with Crippen molar-refractivity contribution in [1.82, 2.24) is 5.32 Å². The Labute approximate surface area is 114 Å². The van der Waals surface area contributed by atoms with Gasteiger partial charge in [-0.3, -0.25) is 0 Å². The normalized spacial score (nSPS) is 12.7. The van der Waals surface area contributed by atoms with Gasteiger partial charge >= 0.3 is 0 Å². The summed E-state index contributed by atoms with van der Waals surface area (Å²) in [7, 11) is 0. The van der Waals surface area contributed by atoms with Crippen molar-refractivity contribution < 1.29 is 0 Å². The van der Waals surface area contributed by atoms with Crippen molar-refractivity contribution in [2.45, 2.75) is 40.3 Å². The van der Waals surface area contributed by atoms with Crippen LogP contribution < -0.4 is 5.32 Å². The van der Waals surface area contributed by atoms with Crippen LogP contribution in [0.3, 0.4) is 0 Å². The largest absolute Gasteiger partial charge is 0.305 e. The number of benzene rings is 1. The smallest absolute Gasteiger partial charge is 0.0388 e. The first-order valence-corrected chi connectivity index (χ1v) is 7.24. The van der Waals surface area contributed by atoms with E-state index < -0.39 is 0 Å². The molecule has 1 N–H and O–H groups in total. The zero-order valence-electron chi connectivity index (χ0n) is 11.6. The van der Waals surface area contributed by atoms with Gasteiger partial charge in [-0.05, 0) is 51.0 Å². The second-order valence-corrected chi connectivity index (χ2v) is 6.30. The second-order valence-electron chi connectivity index (χ2n) is 4.98. The Morgan fingerprint density at radius 2 is 1.89 bits per heavy atom. The maximum absolute atomic E-state index is 3.61. The maximum atomic E-state index is 3.61. The lowest BCUT2D eigenvalue weighted by Crippen LogP contribution is -2.17. The van der Waals surface area contributed by atoms with Crippen molar-refractivity contribution in [3.05, 3.63) is 56.8 Å². The van der Waals surface area contributed by atoms with E-state index in [1.807, 2.05) is 11.3 Å². The molecule has 1 nitrogen and oxygen atoms in total. The molecule has 0 aliphatic heterocycles. The standard InChI is InChI=1S/C16H21NS/c1-11-5-6-12(2)15(9-11)10-17-14(4)16-8-7-13(3)18-16/h5-9,14,17H,10H2,1-4H3. The molecule has 0 fully saturated rings. The number of hydrogen-bond donors (Lipinski definition) is 1. The summed E-state index contributed by atoms with van der Waals surface area (Å²) < 4.78 is 0. The number of thiophene rings is 1. The van der Waals surface area contributed by atoms with Gasteiger partial charge in [0.1, 0.15) is 0 Å². The van der Waals surface area contributed by atoms with Gasteiger partial charge in [0.25, 0.3) is 0 Å². The van der Waals surface area contributed by atoms with Crippen molar-refractivity contribution >= 4 is 11.3 Å². The molecule has 0 aliphatic carbocycles. The monoisotopic (exact) mass is 259 g/mol. The minimum Gasteiger partial charge on any atom is -0.305 e. The van der Waals surface area contributed by atoms with Crippen LogP contribution in [0.5, 0.6) is 0 Å². The summed E-state index contributed by atoms with van der Waals surface area (Å²) in [5, 5.41) is 3.61. The van der Waals surface area contributed by atoms with Gasteiger partial charge in [-0.15, -0.1) is 11.3 Å². The molecular formula is C16H21NS. The lowest BCUT2D eigenvalue weighted by atomic mass is 10.1. The fourth-order valence-electron chi connectivity index (χ4n) is 2.04. The molecule has 1 unspecified atom stereocenters. The van der Waals surface area contributed by atoms with Crippen LogP contribution in [0.4, 0.5) is 0 Å². The van der Waals surface area contributed by atoms with Crippen LogP contribution in [-0.4, -0.2) is 0 Å². The molecular weight excluding hydrogens is 238 g/mol. The lowest BCUT2D eigenvalue weighted by Gasteiger charge is -2.14. The second kappa shape index (κ2) is 5.68. The number of nitrogens with one attached hydrogen (secondary N) is 1. The van der Waals surface area contributed by atoms with Crippen LogP contribution in [0.25, 0.3) is 0 Å². The van der Waals surface area contributed by atoms with Gasteiger partial charge in [0.2, 0.25) is 0 Å². The van der Waals surface area contributed by atoms with E-state index in [2.05, 4.69) is 63.3 Å². The molecule has 0 radical (unpaired) electrons. The first kappa shape index (κ1) is 13.3. The molecule has 1 aromatic carbocycles. The van der Waals surface area contributed by atoms with Crippen LogP contribution in [0.2, 0.25) is 0 Å². The Morgan fingerprint density at radius 1 is 1.11 bits per heavy atom. The molecule has 1 atom stereocenters. The summed E-state index contributed by atoms with van der Waals surface area (Å²) in [6.07, 6.45) is 0. The van der Waals surface area contributed by atoms with Crippen LogP contribution in [-0.2, 0) is 6.54 Å². The molecule has 96 valence electrons. The third-order valence-electron chi connectivity index (χ3n) is 3.29. The van der Waals surface area contributed by atoms with Gasteiger partial charge in [0.15, 0.2) is 0 Å². The topological polar surface area (TPSA) is 12.0 Å². The molecule has 1 heterocycles. The van der Waals surface area contributed by atoms with Crippen molar-refractivity contribution in [2.75, 3.05) is 0 Å². The van der Waals surface area contributed by atoms with E-state index in [0.29, 0.717) is 6.04 Å². The molecule has 2 aromatic rings. The molecule has 2 rings (SSSR count). The minimum atomic E-state index is 0.420. The quantitative estimate of drug-likeness (QED) is 0.851. The summed E-state index contributed by atoms with van der Waals surface area (Å²) in [5.41, 5.74) is 4.09. The van der Waals surface area contributed by atoms with E-state index in [1.54, 1.807) is 0 Å². The SMILES string of the molecule is Cc1ccc(C)c(CNC(C)c2ccc(C)s2)c1. The Balaban J connectivity index is 2.01. The average Bonchev–Trinajstić information content (AvgIpc) is 2.77.